The number of hydrogen-bond acceptors (Lipinski definition) is 4. The summed E-state index contributed by atoms with van der Waals surface area (Å²) in [6.07, 6.45) is 1.83. The lowest BCUT2D eigenvalue weighted by atomic mass is 10.3. The molecule has 0 fully saturated rings. The maximum Gasteiger partial charge on any atom is 0.240 e. The van der Waals surface area contributed by atoms with Gasteiger partial charge in [0.25, 0.3) is 0 Å². The summed E-state index contributed by atoms with van der Waals surface area (Å²) in [5, 5.41) is 3.11. The van der Waals surface area contributed by atoms with Crippen LogP contribution in [-0.2, 0) is 10.0 Å². The predicted molar refractivity (Wildman–Crippen MR) is 83.7 cm³/mol. The van der Waals surface area contributed by atoms with Gasteiger partial charge in [-0.3, -0.25) is 0 Å². The monoisotopic (exact) mass is 299 g/mol. The first-order valence-electron chi connectivity index (χ1n) is 6.96. The Hall–Kier alpha value is -1.11. The molecule has 20 heavy (non-hydrogen) atoms. The van der Waals surface area contributed by atoms with E-state index in [1.807, 2.05) is 33.2 Å². The van der Waals surface area contributed by atoms with Gasteiger partial charge in [0.2, 0.25) is 10.0 Å². The Kier molecular flexibility index (Phi) is 6.98. The zero-order chi connectivity index (χ0) is 15.0. The molecule has 1 aromatic rings. The number of anilines is 1. The van der Waals surface area contributed by atoms with Crippen molar-refractivity contribution in [3.05, 3.63) is 24.3 Å². The van der Waals surface area contributed by atoms with Gasteiger partial charge < -0.3 is 10.2 Å². The van der Waals surface area contributed by atoms with Crippen LogP contribution in [0.25, 0.3) is 0 Å². The minimum atomic E-state index is -3.36. The third-order valence-corrected chi connectivity index (χ3v) is 4.53. The number of hydrogen-bond donors (Lipinski definition) is 2. The van der Waals surface area contributed by atoms with Crippen LogP contribution in [0.15, 0.2) is 29.2 Å². The number of nitrogens with zero attached hydrogens (tertiary/aromatic N) is 1. The fourth-order valence-corrected chi connectivity index (χ4v) is 2.96. The highest BCUT2D eigenvalue weighted by molar-refractivity contribution is 7.89. The minimum absolute atomic E-state index is 0.318. The quantitative estimate of drug-likeness (QED) is 0.677. The minimum Gasteiger partial charge on any atom is -0.375 e. The number of benzene rings is 1. The number of sulfonamides is 1. The second-order valence-corrected chi connectivity index (χ2v) is 6.54. The van der Waals surface area contributed by atoms with Crippen LogP contribution < -0.4 is 14.9 Å². The summed E-state index contributed by atoms with van der Waals surface area (Å²) < 4.78 is 26.5. The van der Waals surface area contributed by atoms with E-state index in [0.29, 0.717) is 11.4 Å². The van der Waals surface area contributed by atoms with Crippen LogP contribution in [0, 0.1) is 0 Å². The maximum absolute atomic E-state index is 12.0. The molecular weight excluding hydrogens is 274 g/mol. The van der Waals surface area contributed by atoms with Crippen LogP contribution in [0.2, 0.25) is 0 Å². The van der Waals surface area contributed by atoms with Gasteiger partial charge in [-0.15, -0.1) is 0 Å². The number of nitrogens with one attached hydrogen (secondary N) is 2. The molecule has 114 valence electrons. The van der Waals surface area contributed by atoms with E-state index in [1.165, 1.54) is 0 Å². The lowest BCUT2D eigenvalue weighted by molar-refractivity contribution is 0.581. The van der Waals surface area contributed by atoms with Crippen LogP contribution in [0.4, 0.5) is 5.69 Å². The summed E-state index contributed by atoms with van der Waals surface area (Å²) >= 11 is 0. The van der Waals surface area contributed by atoms with Crippen molar-refractivity contribution in [3.63, 3.8) is 0 Å². The van der Waals surface area contributed by atoms with E-state index in [4.69, 9.17) is 0 Å². The summed E-state index contributed by atoms with van der Waals surface area (Å²) in [6, 6.07) is 7.00. The van der Waals surface area contributed by atoms with Crippen molar-refractivity contribution < 1.29 is 8.42 Å². The van der Waals surface area contributed by atoms with Crippen molar-refractivity contribution in [2.75, 3.05) is 38.6 Å². The van der Waals surface area contributed by atoms with Crippen molar-refractivity contribution in [3.8, 4) is 0 Å². The SMILES string of the molecule is CCCNS(=O)(=O)c1ccc(N(C)CCCNC)cc1. The second kappa shape index (κ2) is 8.24. The fraction of sp³-hybridized carbons (Fsp3) is 0.571. The zero-order valence-corrected chi connectivity index (χ0v) is 13.3. The van der Waals surface area contributed by atoms with Crippen molar-refractivity contribution in [1.82, 2.24) is 10.0 Å². The van der Waals surface area contributed by atoms with E-state index in [0.717, 1.165) is 31.6 Å². The molecule has 0 unspecified atom stereocenters. The third-order valence-electron chi connectivity index (χ3n) is 3.05. The lowest BCUT2D eigenvalue weighted by Crippen LogP contribution is -2.25. The third kappa shape index (κ3) is 5.11. The molecule has 0 bridgehead atoms. The van der Waals surface area contributed by atoms with Crippen molar-refractivity contribution in [2.24, 2.45) is 0 Å². The van der Waals surface area contributed by atoms with Crippen molar-refractivity contribution in [2.45, 2.75) is 24.7 Å². The van der Waals surface area contributed by atoms with E-state index in [9.17, 15) is 8.42 Å². The molecule has 0 saturated carbocycles. The normalized spacial score (nSPS) is 11.6. The van der Waals surface area contributed by atoms with Gasteiger partial charge in [0, 0.05) is 25.8 Å². The maximum atomic E-state index is 12.0. The molecule has 0 saturated heterocycles. The van der Waals surface area contributed by atoms with Crippen LogP contribution in [0.3, 0.4) is 0 Å². The molecule has 1 aromatic carbocycles. The van der Waals surface area contributed by atoms with Gasteiger partial charge in [-0.25, -0.2) is 13.1 Å². The van der Waals surface area contributed by atoms with Gasteiger partial charge in [-0.05, 0) is 50.7 Å². The summed E-state index contributed by atoms with van der Waals surface area (Å²) in [6.45, 7) is 4.30. The average molecular weight is 299 g/mol. The summed E-state index contributed by atoms with van der Waals surface area (Å²) in [4.78, 5) is 2.44. The first kappa shape index (κ1) is 16.9. The van der Waals surface area contributed by atoms with Crippen LogP contribution in [0.1, 0.15) is 19.8 Å². The summed E-state index contributed by atoms with van der Waals surface area (Å²) in [5.74, 6) is 0. The lowest BCUT2D eigenvalue weighted by Gasteiger charge is -2.19. The van der Waals surface area contributed by atoms with E-state index in [2.05, 4.69) is 14.9 Å². The van der Waals surface area contributed by atoms with Crippen LogP contribution in [-0.4, -0.2) is 42.1 Å². The van der Waals surface area contributed by atoms with Crippen molar-refractivity contribution >= 4 is 15.7 Å². The molecule has 6 heteroatoms. The van der Waals surface area contributed by atoms with Gasteiger partial charge in [-0.1, -0.05) is 6.92 Å². The molecule has 5 nitrogen and oxygen atoms in total. The Morgan fingerprint density at radius 1 is 1.15 bits per heavy atom. The molecule has 0 aliphatic rings. The van der Waals surface area contributed by atoms with Crippen LogP contribution in [0.5, 0.6) is 0 Å². The van der Waals surface area contributed by atoms with Gasteiger partial charge >= 0.3 is 0 Å². The molecule has 0 aromatic heterocycles. The molecule has 0 amide bonds. The Morgan fingerprint density at radius 2 is 1.80 bits per heavy atom. The molecule has 0 aliphatic heterocycles. The second-order valence-electron chi connectivity index (χ2n) is 4.77. The molecule has 1 rings (SSSR count). The van der Waals surface area contributed by atoms with E-state index < -0.39 is 10.0 Å². The highest BCUT2D eigenvalue weighted by Crippen LogP contribution is 2.17. The van der Waals surface area contributed by atoms with Gasteiger partial charge in [-0.2, -0.15) is 0 Å². The molecule has 0 aliphatic carbocycles. The Labute approximate surface area is 122 Å². The molecule has 2 N–H and O–H groups in total. The summed E-state index contributed by atoms with van der Waals surface area (Å²) in [5.41, 5.74) is 1.02. The van der Waals surface area contributed by atoms with Gasteiger partial charge in [0.05, 0.1) is 4.90 Å². The smallest absolute Gasteiger partial charge is 0.240 e. The highest BCUT2D eigenvalue weighted by Gasteiger charge is 2.12. The Bertz CT molecular complexity index is 486. The van der Waals surface area contributed by atoms with Gasteiger partial charge in [0.1, 0.15) is 0 Å². The Balaban J connectivity index is 2.68. The van der Waals surface area contributed by atoms with Crippen molar-refractivity contribution in [1.29, 1.82) is 0 Å². The molecular formula is C14H25N3O2S. The first-order valence-corrected chi connectivity index (χ1v) is 8.45. The molecule has 0 radical (unpaired) electrons. The van der Waals surface area contributed by atoms with E-state index in [-0.39, 0.29) is 0 Å². The topological polar surface area (TPSA) is 61.4 Å². The largest absolute Gasteiger partial charge is 0.375 e. The fourth-order valence-electron chi connectivity index (χ4n) is 1.82. The number of rotatable bonds is 9. The standard InChI is InChI=1S/C14H25N3O2S/c1-4-10-16-20(18,19)14-8-6-13(7-9-14)17(3)12-5-11-15-2/h6-9,15-16H,4-5,10-12H2,1-3H3. The molecule has 0 heterocycles. The first-order chi connectivity index (χ1) is 9.51. The average Bonchev–Trinajstić information content (AvgIpc) is 2.45. The predicted octanol–water partition coefficient (Wildman–Crippen LogP) is 1.42. The molecule has 0 atom stereocenters. The van der Waals surface area contributed by atoms with Gasteiger partial charge in [0.15, 0.2) is 0 Å². The highest BCUT2D eigenvalue weighted by atomic mass is 32.2. The Morgan fingerprint density at radius 3 is 2.35 bits per heavy atom. The summed E-state index contributed by atoms with van der Waals surface area (Å²) in [7, 11) is 0.578. The zero-order valence-electron chi connectivity index (χ0n) is 12.5. The van der Waals surface area contributed by atoms with E-state index in [1.54, 1.807) is 12.1 Å². The van der Waals surface area contributed by atoms with E-state index >= 15 is 0 Å². The van der Waals surface area contributed by atoms with Crippen LogP contribution >= 0.6 is 0 Å². The molecule has 0 spiro atoms.